The molecule has 0 aliphatic carbocycles. The van der Waals surface area contributed by atoms with Crippen LogP contribution in [0.4, 0.5) is 11.4 Å². The number of nitrogens with one attached hydrogen (secondary N) is 1. The lowest BCUT2D eigenvalue weighted by atomic mass is 10.1. The summed E-state index contributed by atoms with van der Waals surface area (Å²) in [6, 6.07) is 7.67. The maximum Gasteiger partial charge on any atom is 0.250 e. The highest BCUT2D eigenvalue weighted by Crippen LogP contribution is 2.27. The van der Waals surface area contributed by atoms with Crippen molar-refractivity contribution in [2.75, 3.05) is 16.8 Å². The largest absolute Gasteiger partial charge is 0.323 e. The van der Waals surface area contributed by atoms with Crippen molar-refractivity contribution in [3.8, 4) is 5.95 Å². The van der Waals surface area contributed by atoms with Crippen LogP contribution in [-0.4, -0.2) is 38.1 Å². The molecule has 28 heavy (non-hydrogen) atoms. The number of hydrogen-bond acceptors (Lipinski definition) is 5. The SMILES string of the molecule is Cc1ccc(N2CC(C(=O)Nc3cnc(-n4cccn4)nc3)CC2=O)cc1C. The second-order valence-electron chi connectivity index (χ2n) is 6.89. The number of benzene rings is 1. The zero-order chi connectivity index (χ0) is 19.7. The van der Waals surface area contributed by atoms with Crippen molar-refractivity contribution < 1.29 is 9.59 Å². The van der Waals surface area contributed by atoms with Crippen LogP contribution >= 0.6 is 0 Å². The van der Waals surface area contributed by atoms with Gasteiger partial charge >= 0.3 is 0 Å². The summed E-state index contributed by atoms with van der Waals surface area (Å²) < 4.78 is 1.53. The highest BCUT2D eigenvalue weighted by atomic mass is 16.2. The standard InChI is InChI=1S/C20H20N6O2/c1-13-4-5-17(8-14(13)2)25-12-15(9-18(25)27)19(28)24-16-10-21-20(22-11-16)26-7-3-6-23-26/h3-8,10-11,15H,9,12H2,1-2H3,(H,24,28). The van der Waals surface area contributed by atoms with E-state index in [9.17, 15) is 9.59 Å². The van der Waals surface area contributed by atoms with Crippen LogP contribution in [0, 0.1) is 19.8 Å². The van der Waals surface area contributed by atoms with Gasteiger partial charge in [-0.15, -0.1) is 0 Å². The summed E-state index contributed by atoms with van der Waals surface area (Å²) in [7, 11) is 0. The van der Waals surface area contributed by atoms with Gasteiger partial charge in [0.15, 0.2) is 0 Å². The number of rotatable bonds is 4. The summed E-state index contributed by atoms with van der Waals surface area (Å²) in [5.74, 6) is -0.260. The van der Waals surface area contributed by atoms with Crippen molar-refractivity contribution in [2.24, 2.45) is 5.92 Å². The lowest BCUT2D eigenvalue weighted by Gasteiger charge is -2.18. The van der Waals surface area contributed by atoms with Crippen LogP contribution in [0.15, 0.2) is 49.1 Å². The molecule has 0 spiro atoms. The quantitative estimate of drug-likeness (QED) is 0.754. The zero-order valence-corrected chi connectivity index (χ0v) is 15.7. The van der Waals surface area contributed by atoms with Gasteiger partial charge in [0.2, 0.25) is 11.8 Å². The molecule has 0 bridgehead atoms. The Kier molecular flexibility index (Phi) is 4.60. The van der Waals surface area contributed by atoms with E-state index in [1.165, 1.54) is 22.6 Å². The Bertz CT molecular complexity index is 1010. The number of carbonyl (C=O) groups is 2. The van der Waals surface area contributed by atoms with Crippen molar-refractivity contribution in [1.82, 2.24) is 19.7 Å². The van der Waals surface area contributed by atoms with E-state index in [1.807, 2.05) is 32.0 Å². The third kappa shape index (κ3) is 3.48. The minimum Gasteiger partial charge on any atom is -0.323 e. The second kappa shape index (κ2) is 7.22. The highest BCUT2D eigenvalue weighted by Gasteiger charge is 2.35. The Morgan fingerprint density at radius 3 is 2.64 bits per heavy atom. The van der Waals surface area contributed by atoms with Crippen LogP contribution in [0.5, 0.6) is 0 Å². The number of nitrogens with zero attached hydrogens (tertiary/aromatic N) is 5. The van der Waals surface area contributed by atoms with Gasteiger partial charge in [0, 0.05) is 31.0 Å². The molecule has 1 atom stereocenters. The van der Waals surface area contributed by atoms with Gasteiger partial charge in [-0.05, 0) is 43.2 Å². The van der Waals surface area contributed by atoms with E-state index in [4.69, 9.17) is 0 Å². The van der Waals surface area contributed by atoms with E-state index in [1.54, 1.807) is 23.4 Å². The molecule has 0 saturated carbocycles. The zero-order valence-electron chi connectivity index (χ0n) is 15.7. The van der Waals surface area contributed by atoms with Crippen molar-refractivity contribution >= 4 is 23.2 Å². The van der Waals surface area contributed by atoms with Gasteiger partial charge < -0.3 is 10.2 Å². The van der Waals surface area contributed by atoms with Gasteiger partial charge in [-0.2, -0.15) is 5.10 Å². The topological polar surface area (TPSA) is 93.0 Å². The van der Waals surface area contributed by atoms with E-state index in [0.717, 1.165) is 11.3 Å². The lowest BCUT2D eigenvalue weighted by molar-refractivity contribution is -0.122. The van der Waals surface area contributed by atoms with Gasteiger partial charge in [-0.3, -0.25) is 9.59 Å². The van der Waals surface area contributed by atoms with E-state index in [0.29, 0.717) is 18.2 Å². The number of amides is 2. The molecule has 8 nitrogen and oxygen atoms in total. The maximum absolute atomic E-state index is 12.6. The summed E-state index contributed by atoms with van der Waals surface area (Å²) in [6.45, 7) is 4.40. The first-order valence-corrected chi connectivity index (χ1v) is 9.02. The first-order valence-electron chi connectivity index (χ1n) is 9.02. The average molecular weight is 376 g/mol. The van der Waals surface area contributed by atoms with Crippen LogP contribution in [0.3, 0.4) is 0 Å². The molecule has 3 heterocycles. The molecule has 1 unspecified atom stereocenters. The molecular formula is C20H20N6O2. The predicted molar refractivity (Wildman–Crippen MR) is 104 cm³/mol. The summed E-state index contributed by atoms with van der Waals surface area (Å²) in [4.78, 5) is 35.1. The van der Waals surface area contributed by atoms with E-state index in [2.05, 4.69) is 20.4 Å². The number of aromatic nitrogens is 4. The van der Waals surface area contributed by atoms with Gasteiger partial charge in [-0.25, -0.2) is 14.6 Å². The molecule has 2 aromatic heterocycles. The van der Waals surface area contributed by atoms with Crippen molar-refractivity contribution in [2.45, 2.75) is 20.3 Å². The highest BCUT2D eigenvalue weighted by molar-refractivity contribution is 6.03. The number of aryl methyl sites for hydroxylation is 2. The molecule has 1 saturated heterocycles. The molecule has 1 aliphatic heterocycles. The van der Waals surface area contributed by atoms with E-state index >= 15 is 0 Å². The molecule has 3 aromatic rings. The molecule has 2 amide bonds. The number of anilines is 2. The fourth-order valence-electron chi connectivity index (χ4n) is 3.16. The third-order valence-electron chi connectivity index (χ3n) is 4.91. The summed E-state index contributed by atoms with van der Waals surface area (Å²) in [6.07, 6.45) is 6.61. The maximum atomic E-state index is 12.6. The third-order valence-corrected chi connectivity index (χ3v) is 4.91. The fraction of sp³-hybridized carbons (Fsp3) is 0.250. The Labute approximate surface area is 162 Å². The molecule has 1 aromatic carbocycles. The molecule has 1 fully saturated rings. The second-order valence-corrected chi connectivity index (χ2v) is 6.89. The lowest BCUT2D eigenvalue weighted by Crippen LogP contribution is -2.28. The summed E-state index contributed by atoms with van der Waals surface area (Å²) in [5, 5.41) is 6.86. The van der Waals surface area contributed by atoms with Crippen LogP contribution in [0.2, 0.25) is 0 Å². The fourth-order valence-corrected chi connectivity index (χ4v) is 3.16. The Hall–Kier alpha value is -3.55. The minimum atomic E-state index is -0.417. The predicted octanol–water partition coefficient (Wildman–Crippen LogP) is 2.27. The summed E-state index contributed by atoms with van der Waals surface area (Å²) in [5.41, 5.74) is 3.60. The molecule has 4 rings (SSSR count). The van der Waals surface area contributed by atoms with Crippen LogP contribution in [0.1, 0.15) is 17.5 Å². The van der Waals surface area contributed by atoms with Crippen LogP contribution in [-0.2, 0) is 9.59 Å². The molecule has 1 aliphatic rings. The van der Waals surface area contributed by atoms with Crippen molar-refractivity contribution in [3.05, 3.63) is 60.2 Å². The molecular weight excluding hydrogens is 356 g/mol. The minimum absolute atomic E-state index is 0.0475. The average Bonchev–Trinajstić information content (AvgIpc) is 3.35. The van der Waals surface area contributed by atoms with Gasteiger partial charge in [-0.1, -0.05) is 6.07 Å². The monoisotopic (exact) mass is 376 g/mol. The van der Waals surface area contributed by atoms with Gasteiger partial charge in [0.25, 0.3) is 5.95 Å². The van der Waals surface area contributed by atoms with E-state index < -0.39 is 5.92 Å². The number of hydrogen-bond donors (Lipinski definition) is 1. The normalized spacial score (nSPS) is 16.4. The summed E-state index contributed by atoms with van der Waals surface area (Å²) >= 11 is 0. The Balaban J connectivity index is 1.42. The van der Waals surface area contributed by atoms with Crippen molar-refractivity contribution in [1.29, 1.82) is 0 Å². The molecule has 8 heteroatoms. The first kappa shape index (κ1) is 17.8. The first-order chi connectivity index (χ1) is 13.5. The Morgan fingerprint density at radius 1 is 1.18 bits per heavy atom. The Morgan fingerprint density at radius 2 is 1.96 bits per heavy atom. The molecule has 142 valence electrons. The molecule has 1 N–H and O–H groups in total. The van der Waals surface area contributed by atoms with Crippen LogP contribution in [0.25, 0.3) is 5.95 Å². The number of carbonyl (C=O) groups excluding carboxylic acids is 2. The smallest absolute Gasteiger partial charge is 0.250 e. The van der Waals surface area contributed by atoms with Gasteiger partial charge in [0.1, 0.15) is 0 Å². The van der Waals surface area contributed by atoms with Gasteiger partial charge in [0.05, 0.1) is 24.0 Å². The van der Waals surface area contributed by atoms with Crippen LogP contribution < -0.4 is 10.2 Å². The molecule has 0 radical (unpaired) electrons. The van der Waals surface area contributed by atoms with Crippen molar-refractivity contribution in [3.63, 3.8) is 0 Å². The van der Waals surface area contributed by atoms with E-state index in [-0.39, 0.29) is 18.2 Å².